The molecule has 0 radical (unpaired) electrons. The minimum Gasteiger partial charge on any atom is -0.466 e. The molecule has 9 nitrogen and oxygen atoms in total. The lowest BCUT2D eigenvalue weighted by atomic mass is 10.1. The number of imidazole rings is 1. The van der Waals surface area contributed by atoms with Gasteiger partial charge in [0.1, 0.15) is 23.6 Å². The summed E-state index contributed by atoms with van der Waals surface area (Å²) in [7, 11) is 0. The summed E-state index contributed by atoms with van der Waals surface area (Å²) < 4.78 is 7.12. The molecule has 1 saturated carbocycles. The number of rotatable bonds is 10. The summed E-state index contributed by atoms with van der Waals surface area (Å²) >= 11 is 0. The molecule has 0 atom stereocenters. The molecule has 0 saturated heterocycles. The zero-order valence-electron chi connectivity index (χ0n) is 16.8. The zero-order valence-corrected chi connectivity index (χ0v) is 16.8. The molecule has 0 aromatic carbocycles. The number of amides is 1. The number of carbonyl (C=O) groups is 2. The van der Waals surface area contributed by atoms with Crippen LogP contribution in [0.5, 0.6) is 0 Å². The molecule has 0 unspecified atom stereocenters. The first-order valence-electron chi connectivity index (χ1n) is 10.1. The SMILES string of the molecule is CCOC(=O)CCc1cc(C2CC2)cn2cc(CNc3cc(NC=O)ncn3)nc12. The Balaban J connectivity index is 1.53. The van der Waals surface area contributed by atoms with Crippen LogP contribution in [0.25, 0.3) is 5.65 Å². The summed E-state index contributed by atoms with van der Waals surface area (Å²) in [6, 6.07) is 3.83. The van der Waals surface area contributed by atoms with Gasteiger partial charge in [0.15, 0.2) is 0 Å². The van der Waals surface area contributed by atoms with Crippen LogP contribution in [0.4, 0.5) is 11.6 Å². The molecule has 0 spiro atoms. The minimum atomic E-state index is -0.190. The van der Waals surface area contributed by atoms with Gasteiger partial charge in [-0.25, -0.2) is 15.0 Å². The first-order chi connectivity index (χ1) is 14.7. The molecule has 1 aliphatic carbocycles. The van der Waals surface area contributed by atoms with Gasteiger partial charge in [0.05, 0.1) is 18.8 Å². The van der Waals surface area contributed by atoms with E-state index in [0.717, 1.165) is 16.9 Å². The van der Waals surface area contributed by atoms with Gasteiger partial charge in [0, 0.05) is 24.9 Å². The summed E-state index contributed by atoms with van der Waals surface area (Å²) in [4.78, 5) is 35.3. The maximum atomic E-state index is 11.8. The summed E-state index contributed by atoms with van der Waals surface area (Å²) in [5.41, 5.74) is 4.05. The van der Waals surface area contributed by atoms with Gasteiger partial charge >= 0.3 is 5.97 Å². The van der Waals surface area contributed by atoms with E-state index in [1.165, 1.54) is 24.7 Å². The molecular weight excluding hydrogens is 384 g/mol. The van der Waals surface area contributed by atoms with Gasteiger partial charge in [-0.2, -0.15) is 0 Å². The second-order valence-corrected chi connectivity index (χ2v) is 7.25. The number of pyridine rings is 1. The van der Waals surface area contributed by atoms with E-state index in [1.54, 1.807) is 6.07 Å². The maximum Gasteiger partial charge on any atom is 0.306 e. The normalized spacial score (nSPS) is 13.2. The lowest BCUT2D eigenvalue weighted by Crippen LogP contribution is -2.06. The van der Waals surface area contributed by atoms with Crippen LogP contribution in [-0.2, 0) is 27.3 Å². The van der Waals surface area contributed by atoms with E-state index in [9.17, 15) is 9.59 Å². The molecular formula is C21H24N6O3. The number of aryl methyl sites for hydroxylation is 1. The van der Waals surface area contributed by atoms with E-state index in [-0.39, 0.29) is 5.97 Å². The summed E-state index contributed by atoms with van der Waals surface area (Å²) in [6.07, 6.45) is 9.43. The summed E-state index contributed by atoms with van der Waals surface area (Å²) in [5, 5.41) is 5.70. The fourth-order valence-electron chi connectivity index (χ4n) is 3.40. The van der Waals surface area contributed by atoms with E-state index in [2.05, 4.69) is 32.9 Å². The number of ether oxygens (including phenoxy) is 1. The Kier molecular flexibility index (Phi) is 5.87. The number of nitrogens with zero attached hydrogens (tertiary/aromatic N) is 4. The number of carbonyl (C=O) groups excluding carboxylic acids is 2. The van der Waals surface area contributed by atoms with Crippen molar-refractivity contribution in [2.45, 2.75) is 45.1 Å². The average molecular weight is 408 g/mol. The summed E-state index contributed by atoms with van der Waals surface area (Å²) in [6.45, 7) is 2.67. The number of aromatic nitrogens is 4. The van der Waals surface area contributed by atoms with Crippen molar-refractivity contribution >= 4 is 29.7 Å². The Hall–Kier alpha value is -3.49. The number of hydrogen-bond donors (Lipinski definition) is 2. The van der Waals surface area contributed by atoms with E-state index >= 15 is 0 Å². The second-order valence-electron chi connectivity index (χ2n) is 7.25. The van der Waals surface area contributed by atoms with Crippen molar-refractivity contribution in [3.05, 3.63) is 47.7 Å². The van der Waals surface area contributed by atoms with Crippen molar-refractivity contribution in [1.82, 2.24) is 19.4 Å². The van der Waals surface area contributed by atoms with Crippen LogP contribution < -0.4 is 10.6 Å². The van der Waals surface area contributed by atoms with Crippen molar-refractivity contribution in [2.75, 3.05) is 17.2 Å². The van der Waals surface area contributed by atoms with Gasteiger partial charge in [0.2, 0.25) is 6.41 Å². The van der Waals surface area contributed by atoms with Crippen LogP contribution >= 0.6 is 0 Å². The van der Waals surface area contributed by atoms with E-state index in [0.29, 0.717) is 50.0 Å². The highest BCUT2D eigenvalue weighted by molar-refractivity contribution is 5.70. The molecule has 1 aliphatic rings. The summed E-state index contributed by atoms with van der Waals surface area (Å²) in [5.74, 6) is 1.43. The van der Waals surface area contributed by atoms with Crippen molar-refractivity contribution in [3.63, 3.8) is 0 Å². The highest BCUT2D eigenvalue weighted by atomic mass is 16.5. The number of fused-ring (bicyclic) bond motifs is 1. The topological polar surface area (TPSA) is 111 Å². The minimum absolute atomic E-state index is 0.190. The molecule has 30 heavy (non-hydrogen) atoms. The third kappa shape index (κ3) is 4.73. The highest BCUT2D eigenvalue weighted by Crippen LogP contribution is 2.40. The third-order valence-corrected chi connectivity index (χ3v) is 4.98. The Labute approximate surface area is 173 Å². The van der Waals surface area contributed by atoms with Gasteiger partial charge in [-0.05, 0) is 43.2 Å². The van der Waals surface area contributed by atoms with Crippen molar-refractivity contribution in [3.8, 4) is 0 Å². The fraction of sp³-hybridized carbons (Fsp3) is 0.381. The molecule has 0 aliphatic heterocycles. The second kappa shape index (κ2) is 8.89. The van der Waals surface area contributed by atoms with Crippen LogP contribution in [0.1, 0.15) is 48.9 Å². The fourth-order valence-corrected chi connectivity index (χ4v) is 3.40. The van der Waals surface area contributed by atoms with Crippen LogP contribution in [0.15, 0.2) is 30.9 Å². The number of nitrogens with one attached hydrogen (secondary N) is 2. The van der Waals surface area contributed by atoms with Gasteiger partial charge in [-0.1, -0.05) is 6.07 Å². The van der Waals surface area contributed by atoms with Crippen LogP contribution in [0, 0.1) is 0 Å². The molecule has 2 N–H and O–H groups in total. The lowest BCUT2D eigenvalue weighted by Gasteiger charge is -2.07. The van der Waals surface area contributed by atoms with Gasteiger partial charge in [-0.15, -0.1) is 0 Å². The lowest BCUT2D eigenvalue weighted by molar-refractivity contribution is -0.143. The molecule has 3 aromatic rings. The number of esters is 1. The van der Waals surface area contributed by atoms with Crippen LogP contribution in [0.3, 0.4) is 0 Å². The molecule has 3 aromatic heterocycles. The molecule has 4 rings (SSSR count). The molecule has 3 heterocycles. The van der Waals surface area contributed by atoms with Crippen molar-refractivity contribution in [2.24, 2.45) is 0 Å². The predicted molar refractivity (Wildman–Crippen MR) is 111 cm³/mol. The van der Waals surface area contributed by atoms with Crippen LogP contribution in [-0.4, -0.2) is 38.3 Å². The van der Waals surface area contributed by atoms with Gasteiger partial charge < -0.3 is 19.8 Å². The van der Waals surface area contributed by atoms with E-state index in [4.69, 9.17) is 9.72 Å². The number of hydrogen-bond acceptors (Lipinski definition) is 7. The van der Waals surface area contributed by atoms with Crippen molar-refractivity contribution in [1.29, 1.82) is 0 Å². The quantitative estimate of drug-likeness (QED) is 0.392. The Morgan fingerprint density at radius 1 is 1.27 bits per heavy atom. The van der Waals surface area contributed by atoms with Gasteiger partial charge in [0.25, 0.3) is 0 Å². The van der Waals surface area contributed by atoms with E-state index in [1.807, 2.05) is 17.5 Å². The van der Waals surface area contributed by atoms with Crippen molar-refractivity contribution < 1.29 is 14.3 Å². The smallest absolute Gasteiger partial charge is 0.306 e. The van der Waals surface area contributed by atoms with E-state index < -0.39 is 0 Å². The standard InChI is InChI=1S/C21H24N6O3/c1-2-30-20(29)6-5-15-7-16(14-3-4-14)10-27-11-17(26-21(15)27)9-22-18-8-19(25-13-28)24-12-23-18/h7-8,10-14H,2-6,9H2,1H3,(H2,22,23,24,25,28). The molecule has 0 bridgehead atoms. The largest absolute Gasteiger partial charge is 0.466 e. The predicted octanol–water partition coefficient (Wildman–Crippen LogP) is 2.68. The Morgan fingerprint density at radius 2 is 2.10 bits per heavy atom. The molecule has 9 heteroatoms. The Morgan fingerprint density at radius 3 is 2.87 bits per heavy atom. The number of anilines is 2. The average Bonchev–Trinajstić information content (AvgIpc) is 3.51. The third-order valence-electron chi connectivity index (χ3n) is 4.98. The van der Waals surface area contributed by atoms with Crippen LogP contribution in [0.2, 0.25) is 0 Å². The first-order valence-corrected chi connectivity index (χ1v) is 10.1. The molecule has 156 valence electrons. The molecule has 1 amide bonds. The zero-order chi connectivity index (χ0) is 20.9. The Bertz CT molecular complexity index is 1060. The van der Waals surface area contributed by atoms with Gasteiger partial charge in [-0.3, -0.25) is 9.59 Å². The highest BCUT2D eigenvalue weighted by Gasteiger charge is 2.25. The first kappa shape index (κ1) is 19.8. The molecule has 1 fully saturated rings. The monoisotopic (exact) mass is 408 g/mol. The maximum absolute atomic E-state index is 11.8.